The number of carbonyl (C=O) groups is 1. The third kappa shape index (κ3) is 2.94. The van der Waals surface area contributed by atoms with E-state index < -0.39 is 0 Å². The zero-order valence-corrected chi connectivity index (χ0v) is 16.9. The molecule has 5 heteroatoms. The molecule has 2 aliphatic carbocycles. The van der Waals surface area contributed by atoms with Crippen LogP contribution in [0.4, 0.5) is 0 Å². The van der Waals surface area contributed by atoms with Crippen molar-refractivity contribution in [3.63, 3.8) is 0 Å². The van der Waals surface area contributed by atoms with E-state index in [1.54, 1.807) is 7.11 Å². The van der Waals surface area contributed by atoms with Crippen LogP contribution in [0.15, 0.2) is 24.3 Å². The van der Waals surface area contributed by atoms with Crippen molar-refractivity contribution in [3.05, 3.63) is 29.8 Å². The molecule has 0 unspecified atom stereocenters. The molecule has 0 aromatic heterocycles. The minimum atomic E-state index is -0.0537. The Morgan fingerprint density at radius 3 is 2.89 bits per heavy atom. The van der Waals surface area contributed by atoms with Crippen LogP contribution in [0, 0.1) is 23.2 Å². The van der Waals surface area contributed by atoms with Gasteiger partial charge in [0.2, 0.25) is 0 Å². The number of fused-ring (bicyclic) bond motifs is 3. The average Bonchev–Trinajstić information content (AvgIpc) is 3.38. The summed E-state index contributed by atoms with van der Waals surface area (Å²) in [5, 5.41) is 3.49. The Hall–Kier alpha value is -1.59. The molecular formula is C23H31NO4. The fourth-order valence-electron chi connectivity index (χ4n) is 6.40. The summed E-state index contributed by atoms with van der Waals surface area (Å²) in [5.74, 6) is 1.69. The molecule has 2 heterocycles. The van der Waals surface area contributed by atoms with E-state index in [0.717, 1.165) is 30.8 Å². The maximum absolute atomic E-state index is 12.7. The standard InChI is InChI=1S/C23H31NO4/c1-22-8-5-9-23(14-27-23)20(22)10-16-17(21(25)28-19(16)11-22)13-24-12-15-6-3-4-7-18(15)26-2/h3-4,6-7,16-17,19-20,24H,5,8-14H2,1-2H3/t16-,17+,19-,20+,22-,23-/m1/s1. The molecule has 1 aromatic carbocycles. The fraction of sp³-hybridized carbons (Fsp3) is 0.696. The predicted octanol–water partition coefficient (Wildman–Crippen LogP) is 3.31. The van der Waals surface area contributed by atoms with E-state index in [0.29, 0.717) is 24.9 Å². The summed E-state index contributed by atoms with van der Waals surface area (Å²) in [4.78, 5) is 12.7. The van der Waals surface area contributed by atoms with E-state index in [1.165, 1.54) is 19.3 Å². The van der Waals surface area contributed by atoms with Gasteiger partial charge in [-0.1, -0.05) is 25.1 Å². The highest BCUT2D eigenvalue weighted by Crippen LogP contribution is 2.62. The van der Waals surface area contributed by atoms with E-state index in [2.05, 4.69) is 18.3 Å². The Labute approximate surface area is 167 Å². The van der Waals surface area contributed by atoms with Crippen LogP contribution in [0.3, 0.4) is 0 Å². The highest BCUT2D eigenvalue weighted by Gasteiger charge is 2.64. The smallest absolute Gasteiger partial charge is 0.310 e. The predicted molar refractivity (Wildman–Crippen MR) is 105 cm³/mol. The number of para-hydroxylation sites is 1. The second-order valence-electron chi connectivity index (χ2n) is 9.54. The van der Waals surface area contributed by atoms with Crippen LogP contribution < -0.4 is 10.1 Å². The number of hydrogen-bond acceptors (Lipinski definition) is 5. The molecule has 5 rings (SSSR count). The van der Waals surface area contributed by atoms with Crippen LogP contribution >= 0.6 is 0 Å². The lowest BCUT2D eigenvalue weighted by Crippen LogP contribution is -2.51. The lowest BCUT2D eigenvalue weighted by atomic mass is 9.53. The molecule has 0 radical (unpaired) electrons. The molecule has 5 nitrogen and oxygen atoms in total. The molecule has 0 bridgehead atoms. The van der Waals surface area contributed by atoms with Crippen LogP contribution in [-0.2, 0) is 20.8 Å². The number of esters is 1. The average molecular weight is 386 g/mol. The number of epoxide rings is 1. The first-order chi connectivity index (χ1) is 13.5. The highest BCUT2D eigenvalue weighted by molar-refractivity contribution is 5.75. The minimum Gasteiger partial charge on any atom is -0.496 e. The van der Waals surface area contributed by atoms with Gasteiger partial charge in [0.1, 0.15) is 11.9 Å². The Morgan fingerprint density at radius 1 is 1.29 bits per heavy atom. The van der Waals surface area contributed by atoms with Crippen molar-refractivity contribution in [1.82, 2.24) is 5.32 Å². The van der Waals surface area contributed by atoms with E-state index in [1.807, 2.05) is 18.2 Å². The Bertz CT molecular complexity index is 761. The number of benzene rings is 1. The second kappa shape index (κ2) is 6.74. The van der Waals surface area contributed by atoms with Gasteiger partial charge in [-0.15, -0.1) is 0 Å². The van der Waals surface area contributed by atoms with Gasteiger partial charge in [-0.2, -0.15) is 0 Å². The van der Waals surface area contributed by atoms with Gasteiger partial charge in [0.25, 0.3) is 0 Å². The molecule has 1 spiro atoms. The zero-order valence-electron chi connectivity index (χ0n) is 16.9. The maximum Gasteiger partial charge on any atom is 0.310 e. The van der Waals surface area contributed by atoms with Crippen molar-refractivity contribution in [2.75, 3.05) is 20.3 Å². The first-order valence-corrected chi connectivity index (χ1v) is 10.7. The maximum atomic E-state index is 12.7. The molecule has 2 aliphatic heterocycles. The number of carbonyl (C=O) groups excluding carboxylic acids is 1. The molecule has 4 fully saturated rings. The molecule has 2 saturated carbocycles. The van der Waals surface area contributed by atoms with Gasteiger partial charge < -0.3 is 19.5 Å². The quantitative estimate of drug-likeness (QED) is 0.622. The van der Waals surface area contributed by atoms with E-state index in [4.69, 9.17) is 14.2 Å². The van der Waals surface area contributed by atoms with Gasteiger partial charge in [-0.05, 0) is 49.5 Å². The summed E-state index contributed by atoms with van der Waals surface area (Å²) in [6.45, 7) is 4.67. The van der Waals surface area contributed by atoms with Crippen molar-refractivity contribution in [1.29, 1.82) is 0 Å². The van der Waals surface area contributed by atoms with Crippen LogP contribution in [0.5, 0.6) is 5.75 Å². The number of methoxy groups -OCH3 is 1. The number of rotatable bonds is 5. The van der Waals surface area contributed by atoms with Crippen molar-refractivity contribution in [2.24, 2.45) is 23.2 Å². The normalized spacial score (nSPS) is 41.3. The highest BCUT2D eigenvalue weighted by atomic mass is 16.6. The monoisotopic (exact) mass is 385 g/mol. The summed E-state index contributed by atoms with van der Waals surface area (Å²) in [5.41, 5.74) is 1.48. The molecule has 4 aliphatic rings. The number of ether oxygens (including phenoxy) is 3. The molecule has 1 N–H and O–H groups in total. The van der Waals surface area contributed by atoms with Crippen LogP contribution in [0.1, 0.15) is 44.6 Å². The molecule has 6 atom stereocenters. The number of nitrogens with one attached hydrogen (secondary N) is 1. The van der Waals surface area contributed by atoms with E-state index in [-0.39, 0.29) is 29.0 Å². The summed E-state index contributed by atoms with van der Waals surface area (Å²) in [6.07, 6.45) is 5.81. The van der Waals surface area contributed by atoms with Crippen molar-refractivity contribution in [2.45, 2.75) is 57.3 Å². The van der Waals surface area contributed by atoms with Crippen LogP contribution in [-0.4, -0.2) is 37.9 Å². The topological polar surface area (TPSA) is 60.1 Å². The Balaban J connectivity index is 1.27. The van der Waals surface area contributed by atoms with Gasteiger partial charge in [-0.3, -0.25) is 4.79 Å². The number of hydrogen-bond donors (Lipinski definition) is 1. The van der Waals surface area contributed by atoms with Crippen molar-refractivity contribution >= 4 is 5.97 Å². The molecule has 2 saturated heterocycles. The van der Waals surface area contributed by atoms with Crippen molar-refractivity contribution < 1.29 is 19.0 Å². The first kappa shape index (κ1) is 18.4. The summed E-state index contributed by atoms with van der Waals surface area (Å²) < 4.78 is 17.3. The molecular weight excluding hydrogens is 354 g/mol. The third-order valence-corrected chi connectivity index (χ3v) is 7.95. The Morgan fingerprint density at radius 2 is 2.11 bits per heavy atom. The van der Waals surface area contributed by atoms with Gasteiger partial charge in [0.15, 0.2) is 0 Å². The second-order valence-corrected chi connectivity index (χ2v) is 9.54. The lowest BCUT2D eigenvalue weighted by Gasteiger charge is -2.51. The van der Waals surface area contributed by atoms with Gasteiger partial charge in [0, 0.05) is 24.6 Å². The van der Waals surface area contributed by atoms with E-state index >= 15 is 0 Å². The van der Waals surface area contributed by atoms with Crippen molar-refractivity contribution in [3.8, 4) is 5.75 Å². The summed E-state index contributed by atoms with van der Waals surface area (Å²) >= 11 is 0. The Kier molecular flexibility index (Phi) is 4.44. The largest absolute Gasteiger partial charge is 0.496 e. The zero-order chi connectivity index (χ0) is 19.4. The molecule has 152 valence electrons. The summed E-state index contributed by atoms with van der Waals surface area (Å²) in [6, 6.07) is 8.01. The van der Waals surface area contributed by atoms with Gasteiger partial charge >= 0.3 is 5.97 Å². The minimum absolute atomic E-state index is 0.0180. The van der Waals surface area contributed by atoms with Crippen LogP contribution in [0.2, 0.25) is 0 Å². The van der Waals surface area contributed by atoms with Crippen LogP contribution in [0.25, 0.3) is 0 Å². The molecule has 28 heavy (non-hydrogen) atoms. The first-order valence-electron chi connectivity index (χ1n) is 10.7. The van der Waals surface area contributed by atoms with E-state index in [9.17, 15) is 4.79 Å². The SMILES string of the molecule is COc1ccccc1CNC[C@@H]1C(=O)O[C@@H]2C[C@@]3(C)CCC[C@@]4(CO4)[C@H]3C[C@H]12. The fourth-order valence-corrected chi connectivity index (χ4v) is 6.40. The lowest BCUT2D eigenvalue weighted by molar-refractivity contribution is -0.147. The molecule has 1 aromatic rings. The van der Waals surface area contributed by atoms with Gasteiger partial charge in [0.05, 0.1) is 25.2 Å². The summed E-state index contributed by atoms with van der Waals surface area (Å²) in [7, 11) is 1.69. The van der Waals surface area contributed by atoms with Gasteiger partial charge in [-0.25, -0.2) is 0 Å². The molecule has 0 amide bonds. The third-order valence-electron chi connectivity index (χ3n) is 7.95.